The molecule has 0 aliphatic rings. The van der Waals surface area contributed by atoms with E-state index in [4.69, 9.17) is 15.2 Å². The Balaban J connectivity index is 2.31. The molecule has 0 radical (unpaired) electrons. The fourth-order valence-electron chi connectivity index (χ4n) is 3.01. The Morgan fingerprint density at radius 3 is 2.30 bits per heavy atom. The predicted molar refractivity (Wildman–Crippen MR) is 95.6 cm³/mol. The normalized spacial score (nSPS) is 12.0. The molecule has 2 N–H and O–H groups in total. The van der Waals surface area contributed by atoms with Crippen LogP contribution in [0.1, 0.15) is 35.1 Å². The molecule has 3 heteroatoms. The summed E-state index contributed by atoms with van der Waals surface area (Å²) < 4.78 is 10.9. The largest absolute Gasteiger partial charge is 0.496 e. The summed E-state index contributed by atoms with van der Waals surface area (Å²) in [5.41, 5.74) is 11.0. The molecular weight excluding hydrogens is 286 g/mol. The van der Waals surface area contributed by atoms with Crippen LogP contribution in [0, 0.1) is 6.92 Å². The van der Waals surface area contributed by atoms with Crippen LogP contribution in [0.2, 0.25) is 0 Å². The van der Waals surface area contributed by atoms with Gasteiger partial charge in [0.1, 0.15) is 11.5 Å². The smallest absolute Gasteiger partial charge is 0.122 e. The Hall–Kier alpha value is -2.00. The molecule has 0 aliphatic heterocycles. The van der Waals surface area contributed by atoms with Gasteiger partial charge < -0.3 is 15.2 Å². The Kier molecular flexibility index (Phi) is 6.05. The van der Waals surface area contributed by atoms with Crippen LogP contribution < -0.4 is 15.2 Å². The highest BCUT2D eigenvalue weighted by Gasteiger charge is 2.16. The van der Waals surface area contributed by atoms with E-state index in [1.54, 1.807) is 14.2 Å². The fourth-order valence-corrected chi connectivity index (χ4v) is 3.01. The molecule has 1 unspecified atom stereocenters. The van der Waals surface area contributed by atoms with Crippen molar-refractivity contribution in [3.8, 4) is 11.5 Å². The number of nitrogens with two attached hydrogens (primary N) is 1. The maximum atomic E-state index is 6.07. The lowest BCUT2D eigenvalue weighted by molar-refractivity contribution is 0.404. The van der Waals surface area contributed by atoms with Gasteiger partial charge in [-0.05, 0) is 55.1 Å². The third kappa shape index (κ3) is 4.05. The summed E-state index contributed by atoms with van der Waals surface area (Å²) in [5.74, 6) is 2.10. The number of hydrogen-bond acceptors (Lipinski definition) is 3. The minimum Gasteiger partial charge on any atom is -0.496 e. The molecule has 2 aromatic rings. The molecule has 0 amide bonds. The van der Waals surface area contributed by atoms with Gasteiger partial charge in [0, 0.05) is 5.92 Å². The summed E-state index contributed by atoms with van der Waals surface area (Å²) in [6.45, 7) is 4.83. The minimum absolute atomic E-state index is 0.239. The average molecular weight is 313 g/mol. The molecule has 0 aliphatic carbocycles. The molecule has 0 aromatic heterocycles. The van der Waals surface area contributed by atoms with Crippen molar-refractivity contribution in [1.29, 1.82) is 0 Å². The first kappa shape index (κ1) is 17.4. The maximum Gasteiger partial charge on any atom is 0.122 e. The second-order valence-electron chi connectivity index (χ2n) is 5.88. The summed E-state index contributed by atoms with van der Waals surface area (Å²) >= 11 is 0. The zero-order valence-electron chi connectivity index (χ0n) is 14.6. The van der Waals surface area contributed by atoms with Gasteiger partial charge in [-0.3, -0.25) is 0 Å². The van der Waals surface area contributed by atoms with Gasteiger partial charge in [-0.25, -0.2) is 0 Å². The van der Waals surface area contributed by atoms with E-state index >= 15 is 0 Å². The van der Waals surface area contributed by atoms with Crippen LogP contribution in [0.4, 0.5) is 0 Å². The SMILES string of the molecule is CCc1cc(CC(CN)c2cc(C)ccc2OC)ccc1OC. The highest BCUT2D eigenvalue weighted by molar-refractivity contribution is 5.42. The van der Waals surface area contributed by atoms with E-state index in [-0.39, 0.29) is 5.92 Å². The number of aryl methyl sites for hydroxylation is 2. The molecular formula is C20H27NO2. The molecule has 3 nitrogen and oxygen atoms in total. The van der Waals surface area contributed by atoms with Crippen LogP contribution in [-0.2, 0) is 12.8 Å². The van der Waals surface area contributed by atoms with Crippen molar-refractivity contribution in [3.05, 3.63) is 58.7 Å². The minimum atomic E-state index is 0.239. The van der Waals surface area contributed by atoms with Crippen LogP contribution in [-0.4, -0.2) is 20.8 Å². The first-order valence-electron chi connectivity index (χ1n) is 8.13. The van der Waals surface area contributed by atoms with Gasteiger partial charge in [0.2, 0.25) is 0 Å². The summed E-state index contributed by atoms with van der Waals surface area (Å²) in [4.78, 5) is 0. The summed E-state index contributed by atoms with van der Waals surface area (Å²) in [5, 5.41) is 0. The van der Waals surface area contributed by atoms with Crippen LogP contribution in [0.25, 0.3) is 0 Å². The van der Waals surface area contributed by atoms with Crippen LogP contribution in [0.5, 0.6) is 11.5 Å². The van der Waals surface area contributed by atoms with Crippen molar-refractivity contribution < 1.29 is 9.47 Å². The number of methoxy groups -OCH3 is 2. The first-order chi connectivity index (χ1) is 11.1. The van der Waals surface area contributed by atoms with E-state index in [9.17, 15) is 0 Å². The molecule has 124 valence electrons. The molecule has 1 atom stereocenters. The molecule has 0 heterocycles. The topological polar surface area (TPSA) is 44.5 Å². The Morgan fingerprint density at radius 2 is 1.70 bits per heavy atom. The third-order valence-corrected chi connectivity index (χ3v) is 4.32. The van der Waals surface area contributed by atoms with E-state index < -0.39 is 0 Å². The van der Waals surface area contributed by atoms with Crippen molar-refractivity contribution in [3.63, 3.8) is 0 Å². The molecule has 0 saturated heterocycles. The quantitative estimate of drug-likeness (QED) is 0.844. The lowest BCUT2D eigenvalue weighted by atomic mass is 9.89. The van der Waals surface area contributed by atoms with Crippen molar-refractivity contribution >= 4 is 0 Å². The Bertz CT molecular complexity index is 652. The Labute approximate surface area is 139 Å². The van der Waals surface area contributed by atoms with Crippen LogP contribution >= 0.6 is 0 Å². The third-order valence-electron chi connectivity index (χ3n) is 4.32. The van der Waals surface area contributed by atoms with E-state index in [1.165, 1.54) is 22.3 Å². The summed E-state index contributed by atoms with van der Waals surface area (Å²) in [7, 11) is 3.43. The summed E-state index contributed by atoms with van der Waals surface area (Å²) in [6.07, 6.45) is 1.85. The molecule has 0 spiro atoms. The molecule has 23 heavy (non-hydrogen) atoms. The molecule has 2 aromatic carbocycles. The zero-order chi connectivity index (χ0) is 16.8. The van der Waals surface area contributed by atoms with Gasteiger partial charge in [-0.1, -0.05) is 36.8 Å². The monoisotopic (exact) mass is 313 g/mol. The van der Waals surface area contributed by atoms with Gasteiger partial charge in [-0.2, -0.15) is 0 Å². The lowest BCUT2D eigenvalue weighted by Gasteiger charge is -2.20. The van der Waals surface area contributed by atoms with E-state index in [1.807, 2.05) is 6.07 Å². The fraction of sp³-hybridized carbons (Fsp3) is 0.400. The first-order valence-corrected chi connectivity index (χ1v) is 8.13. The average Bonchev–Trinajstić information content (AvgIpc) is 2.59. The second-order valence-corrected chi connectivity index (χ2v) is 5.88. The Morgan fingerprint density at radius 1 is 1.00 bits per heavy atom. The van der Waals surface area contributed by atoms with Gasteiger partial charge in [0.25, 0.3) is 0 Å². The molecule has 0 fully saturated rings. The highest BCUT2D eigenvalue weighted by Crippen LogP contribution is 2.31. The highest BCUT2D eigenvalue weighted by atomic mass is 16.5. The second kappa shape index (κ2) is 8.02. The van der Waals surface area contributed by atoms with Gasteiger partial charge in [-0.15, -0.1) is 0 Å². The number of benzene rings is 2. The van der Waals surface area contributed by atoms with Crippen molar-refractivity contribution in [2.75, 3.05) is 20.8 Å². The van der Waals surface area contributed by atoms with Crippen LogP contribution in [0.15, 0.2) is 36.4 Å². The number of hydrogen-bond donors (Lipinski definition) is 1. The van der Waals surface area contributed by atoms with Crippen LogP contribution in [0.3, 0.4) is 0 Å². The predicted octanol–water partition coefficient (Wildman–Crippen LogP) is 3.86. The van der Waals surface area contributed by atoms with Crippen molar-refractivity contribution in [2.45, 2.75) is 32.6 Å². The number of rotatable bonds is 7. The lowest BCUT2D eigenvalue weighted by Crippen LogP contribution is -2.16. The van der Waals surface area contributed by atoms with Gasteiger partial charge in [0.05, 0.1) is 14.2 Å². The zero-order valence-corrected chi connectivity index (χ0v) is 14.6. The van der Waals surface area contributed by atoms with E-state index in [0.29, 0.717) is 6.54 Å². The molecule has 2 rings (SSSR count). The van der Waals surface area contributed by atoms with Crippen molar-refractivity contribution in [1.82, 2.24) is 0 Å². The van der Waals surface area contributed by atoms with E-state index in [2.05, 4.69) is 44.2 Å². The van der Waals surface area contributed by atoms with Gasteiger partial charge >= 0.3 is 0 Å². The van der Waals surface area contributed by atoms with Crippen molar-refractivity contribution in [2.24, 2.45) is 5.73 Å². The van der Waals surface area contributed by atoms with E-state index in [0.717, 1.165) is 24.3 Å². The standard InChI is InChI=1S/C20H27NO2/c1-5-16-11-15(7-9-19(16)22-3)12-17(13-21)18-10-14(2)6-8-20(18)23-4/h6-11,17H,5,12-13,21H2,1-4H3. The molecule has 0 saturated carbocycles. The maximum absolute atomic E-state index is 6.07. The molecule has 0 bridgehead atoms. The van der Waals surface area contributed by atoms with Gasteiger partial charge in [0.15, 0.2) is 0 Å². The number of ether oxygens (including phenoxy) is 2. The summed E-state index contributed by atoms with van der Waals surface area (Å²) in [6, 6.07) is 12.7.